The Morgan fingerprint density at radius 3 is 1.16 bits per heavy atom. The smallest absolute Gasteiger partial charge is 0.160 e. The van der Waals surface area contributed by atoms with Gasteiger partial charge < -0.3 is 21.7 Å². The quantitative estimate of drug-likeness (QED) is 0.231. The molecule has 0 fully saturated rings. The molecule has 0 atom stereocenters. The average molecular weight is 465 g/mol. The van der Waals surface area contributed by atoms with Crippen molar-refractivity contribution in [3.63, 3.8) is 0 Å². The molecule has 0 aliphatic heterocycles. The Kier molecular flexibility index (Phi) is 5.66. The third-order valence-electron chi connectivity index (χ3n) is 3.91. The number of halogens is 6. The summed E-state index contributed by atoms with van der Waals surface area (Å²) in [6, 6.07) is 0. The third-order valence-corrected chi connectivity index (χ3v) is 6.38. The largest absolute Gasteiger partial charge is 0.504 e. The minimum absolute atomic E-state index is 0.0215. The zero-order chi connectivity index (χ0) is 19.4. The molecule has 0 unspecified atom stereocenters. The minimum Gasteiger partial charge on any atom is -0.504 e. The van der Waals surface area contributed by atoms with Crippen molar-refractivity contribution in [2.24, 2.45) is 0 Å². The van der Waals surface area contributed by atoms with Crippen LogP contribution in [0.1, 0.15) is 25.0 Å². The molecule has 0 aliphatic rings. The standard InChI is InChI=1S/C15H12Cl6N2O2/c1-15(2,3-5(16)9(20)13(24)11(22)7(3)18)4-6(17)10(21)14(25)12(23)8(4)19/h24-25H,22-23H2,1-2H3. The number of phenols is 2. The highest BCUT2D eigenvalue weighted by molar-refractivity contribution is 6.47. The summed E-state index contributed by atoms with van der Waals surface area (Å²) in [5.74, 6) is -0.867. The Labute approximate surface area is 174 Å². The van der Waals surface area contributed by atoms with Crippen LogP contribution in [0.3, 0.4) is 0 Å². The molecule has 2 aromatic carbocycles. The Balaban J connectivity index is 2.96. The van der Waals surface area contributed by atoms with Crippen molar-refractivity contribution >= 4 is 81.0 Å². The molecule has 136 valence electrons. The maximum absolute atomic E-state index is 9.91. The van der Waals surface area contributed by atoms with E-state index in [1.165, 1.54) is 0 Å². The van der Waals surface area contributed by atoms with E-state index in [0.717, 1.165) is 0 Å². The lowest BCUT2D eigenvalue weighted by Crippen LogP contribution is -2.23. The van der Waals surface area contributed by atoms with Crippen LogP contribution in [0.15, 0.2) is 0 Å². The zero-order valence-corrected chi connectivity index (χ0v) is 17.4. The van der Waals surface area contributed by atoms with Crippen LogP contribution in [0.4, 0.5) is 11.4 Å². The molecular formula is C15H12Cl6N2O2. The summed E-state index contributed by atoms with van der Waals surface area (Å²) in [7, 11) is 0. The summed E-state index contributed by atoms with van der Waals surface area (Å²) < 4.78 is 0. The first-order chi connectivity index (χ1) is 11.4. The van der Waals surface area contributed by atoms with Gasteiger partial charge in [-0.2, -0.15) is 0 Å². The van der Waals surface area contributed by atoms with Crippen molar-refractivity contribution in [1.29, 1.82) is 0 Å². The fourth-order valence-electron chi connectivity index (χ4n) is 2.56. The summed E-state index contributed by atoms with van der Waals surface area (Å²) in [5.41, 5.74) is 10.8. The number of nitrogens with two attached hydrogens (primary N) is 2. The molecule has 0 saturated heterocycles. The van der Waals surface area contributed by atoms with Gasteiger partial charge in [-0.05, 0) is 0 Å². The van der Waals surface area contributed by atoms with Crippen LogP contribution in [-0.4, -0.2) is 10.2 Å². The Morgan fingerprint density at radius 2 is 0.880 bits per heavy atom. The molecule has 0 heterocycles. The number of hydrogen-bond donors (Lipinski definition) is 4. The molecule has 25 heavy (non-hydrogen) atoms. The maximum Gasteiger partial charge on any atom is 0.160 e. The van der Waals surface area contributed by atoms with Crippen LogP contribution in [0, 0.1) is 0 Å². The van der Waals surface area contributed by atoms with Crippen LogP contribution < -0.4 is 11.5 Å². The van der Waals surface area contributed by atoms with E-state index < -0.39 is 16.9 Å². The summed E-state index contributed by atoms with van der Waals surface area (Å²) in [6.07, 6.45) is 0. The lowest BCUT2D eigenvalue weighted by molar-refractivity contribution is 0.477. The molecule has 0 aliphatic carbocycles. The number of anilines is 2. The molecule has 0 amide bonds. The highest BCUT2D eigenvalue weighted by Crippen LogP contribution is 2.55. The summed E-state index contributed by atoms with van der Waals surface area (Å²) >= 11 is 37.3. The second-order valence-corrected chi connectivity index (χ2v) is 8.05. The average Bonchev–Trinajstić information content (AvgIpc) is 2.54. The van der Waals surface area contributed by atoms with Crippen LogP contribution in [0.5, 0.6) is 11.5 Å². The minimum atomic E-state index is -1.08. The van der Waals surface area contributed by atoms with Crippen LogP contribution >= 0.6 is 69.6 Å². The number of hydrogen-bond acceptors (Lipinski definition) is 4. The first kappa shape index (κ1) is 20.7. The molecule has 0 saturated carbocycles. The molecule has 0 aromatic heterocycles. The van der Waals surface area contributed by atoms with Gasteiger partial charge in [0.15, 0.2) is 11.5 Å². The molecular weight excluding hydrogens is 453 g/mol. The Morgan fingerprint density at radius 1 is 0.600 bits per heavy atom. The van der Waals surface area contributed by atoms with E-state index in [9.17, 15) is 10.2 Å². The normalized spacial score (nSPS) is 11.8. The van der Waals surface area contributed by atoms with Crippen molar-refractivity contribution in [2.75, 3.05) is 11.5 Å². The predicted octanol–water partition coefficient (Wildman–Crippen LogP) is 6.51. The van der Waals surface area contributed by atoms with Crippen molar-refractivity contribution in [2.45, 2.75) is 19.3 Å². The monoisotopic (exact) mass is 462 g/mol. The second kappa shape index (κ2) is 6.84. The fraction of sp³-hybridized carbons (Fsp3) is 0.200. The van der Waals surface area contributed by atoms with Gasteiger partial charge in [0.05, 0.1) is 31.5 Å². The van der Waals surface area contributed by atoms with Gasteiger partial charge in [0.2, 0.25) is 0 Å². The Hall–Kier alpha value is -0.620. The first-order valence-corrected chi connectivity index (χ1v) is 8.93. The van der Waals surface area contributed by atoms with Gasteiger partial charge in [0, 0.05) is 16.5 Å². The van der Waals surface area contributed by atoms with E-state index >= 15 is 0 Å². The zero-order valence-electron chi connectivity index (χ0n) is 12.8. The molecule has 2 aromatic rings. The van der Waals surface area contributed by atoms with E-state index in [1.807, 2.05) is 0 Å². The topological polar surface area (TPSA) is 92.5 Å². The molecule has 10 heteroatoms. The number of nitrogen functional groups attached to an aromatic ring is 2. The van der Waals surface area contributed by atoms with E-state index in [4.69, 9.17) is 81.1 Å². The van der Waals surface area contributed by atoms with E-state index in [2.05, 4.69) is 0 Å². The van der Waals surface area contributed by atoms with Gasteiger partial charge in [-0.3, -0.25) is 0 Å². The summed E-state index contributed by atoms with van der Waals surface area (Å²) in [6.45, 7) is 3.37. The van der Waals surface area contributed by atoms with Crippen LogP contribution in [-0.2, 0) is 5.41 Å². The number of phenolic OH excluding ortho intramolecular Hbond substituents is 2. The summed E-state index contributed by atoms with van der Waals surface area (Å²) in [4.78, 5) is 0. The van der Waals surface area contributed by atoms with Gasteiger partial charge in [-0.15, -0.1) is 0 Å². The highest BCUT2D eigenvalue weighted by Gasteiger charge is 2.37. The molecule has 0 bridgehead atoms. The molecule has 0 spiro atoms. The maximum atomic E-state index is 9.91. The van der Waals surface area contributed by atoms with Crippen molar-refractivity contribution in [1.82, 2.24) is 0 Å². The number of rotatable bonds is 2. The van der Waals surface area contributed by atoms with Crippen molar-refractivity contribution in [3.05, 3.63) is 41.3 Å². The molecule has 6 N–H and O–H groups in total. The lowest BCUT2D eigenvalue weighted by atomic mass is 9.77. The fourth-order valence-corrected chi connectivity index (χ4v) is 4.73. The highest BCUT2D eigenvalue weighted by atomic mass is 35.5. The van der Waals surface area contributed by atoms with Gasteiger partial charge in [0.25, 0.3) is 0 Å². The van der Waals surface area contributed by atoms with Gasteiger partial charge in [-0.1, -0.05) is 83.5 Å². The third kappa shape index (κ3) is 3.03. The number of benzene rings is 2. The molecule has 4 nitrogen and oxygen atoms in total. The van der Waals surface area contributed by atoms with Gasteiger partial charge in [0.1, 0.15) is 10.0 Å². The summed E-state index contributed by atoms with van der Waals surface area (Å²) in [5, 5.41) is 19.4. The first-order valence-electron chi connectivity index (χ1n) is 6.66. The molecule has 0 radical (unpaired) electrons. The Bertz CT molecular complexity index is 769. The van der Waals surface area contributed by atoms with E-state index in [-0.39, 0.29) is 52.6 Å². The molecule has 2 rings (SSSR count). The second-order valence-electron chi connectivity index (χ2n) is 5.78. The van der Waals surface area contributed by atoms with Crippen molar-refractivity contribution in [3.8, 4) is 11.5 Å². The van der Waals surface area contributed by atoms with Gasteiger partial charge in [-0.25, -0.2) is 0 Å². The number of aromatic hydroxyl groups is 2. The van der Waals surface area contributed by atoms with Crippen molar-refractivity contribution < 1.29 is 10.2 Å². The van der Waals surface area contributed by atoms with Crippen LogP contribution in [0.2, 0.25) is 30.1 Å². The SMILES string of the molecule is CC(C)(c1c(Cl)c(N)c(O)c(Cl)c1Cl)c1c(Cl)c(N)c(O)c(Cl)c1Cl. The van der Waals surface area contributed by atoms with Crippen LogP contribution in [0.25, 0.3) is 0 Å². The van der Waals surface area contributed by atoms with E-state index in [0.29, 0.717) is 0 Å². The van der Waals surface area contributed by atoms with E-state index in [1.54, 1.807) is 13.8 Å². The lowest BCUT2D eigenvalue weighted by Gasteiger charge is -2.32. The predicted molar refractivity (Wildman–Crippen MR) is 107 cm³/mol. The van der Waals surface area contributed by atoms with Gasteiger partial charge >= 0.3 is 0 Å².